The number of thiophene rings is 1. The molecule has 1 N–H and O–H groups in total. The molecule has 0 unspecified atom stereocenters. The highest BCUT2D eigenvalue weighted by atomic mass is 32.3. The Hall–Kier alpha value is -3.78. The van der Waals surface area contributed by atoms with Crippen LogP contribution >= 0.6 is 11.3 Å². The first-order chi connectivity index (χ1) is 15.6. The van der Waals surface area contributed by atoms with Crippen molar-refractivity contribution in [3.8, 4) is 0 Å². The molecule has 0 bridgehead atoms. The second-order valence-electron chi connectivity index (χ2n) is 6.64. The van der Waals surface area contributed by atoms with Crippen LogP contribution in [0.4, 0.5) is 25.3 Å². The molecule has 1 aromatic heterocycles. The average Bonchev–Trinajstić information content (AvgIpc) is 3.21. The van der Waals surface area contributed by atoms with Gasteiger partial charge in [-0.3, -0.25) is 20.2 Å². The highest BCUT2D eigenvalue weighted by molar-refractivity contribution is 7.86. The van der Waals surface area contributed by atoms with E-state index in [9.17, 15) is 32.5 Å². The van der Waals surface area contributed by atoms with Crippen LogP contribution in [0.1, 0.15) is 11.1 Å². The van der Waals surface area contributed by atoms with Crippen LogP contribution in [0.2, 0.25) is 0 Å². The minimum Gasteiger partial charge on any atom is -0.381 e. The summed E-state index contributed by atoms with van der Waals surface area (Å²) in [6.07, 6.45) is 0.504. The summed E-state index contributed by atoms with van der Waals surface area (Å²) in [7, 11) is -4.72. The summed E-state index contributed by atoms with van der Waals surface area (Å²) in [6.45, 7) is 0.644. The lowest BCUT2D eigenvalue weighted by molar-refractivity contribution is -0.389. The molecule has 3 aromatic rings. The molecule has 0 fully saturated rings. The van der Waals surface area contributed by atoms with E-state index in [1.54, 1.807) is 0 Å². The summed E-state index contributed by atoms with van der Waals surface area (Å²) in [6, 6.07) is 13.7. The van der Waals surface area contributed by atoms with Crippen LogP contribution in [-0.2, 0) is 23.2 Å². The van der Waals surface area contributed by atoms with Crippen molar-refractivity contribution in [1.82, 2.24) is 0 Å². The van der Waals surface area contributed by atoms with Crippen molar-refractivity contribution in [2.45, 2.75) is 17.9 Å². The first-order valence-electron chi connectivity index (χ1n) is 9.30. The minimum absolute atomic E-state index is 0.122. The van der Waals surface area contributed by atoms with E-state index in [2.05, 4.69) is 15.5 Å². The SMILES string of the molecule is O=[N+]([O-])c1cc([N+](=O)[O-])c(N=NCCc2ccc(NCc3ccc(S(=O)(=O)F)cc3)cc2)s1. The van der Waals surface area contributed by atoms with Crippen LogP contribution in [0, 0.1) is 20.2 Å². The standard InChI is InChI=1S/C19H16FN5O6S2/c20-33(30,31)16-7-3-14(4-8-16)12-21-15-5-1-13(2-6-15)9-10-22-23-19-17(24(26)27)11-18(32-19)25(28)29/h1-8,11,21H,9-10,12H2. The first kappa shape index (κ1) is 23.9. The summed E-state index contributed by atoms with van der Waals surface area (Å²) in [5, 5.41) is 32.1. The van der Waals surface area contributed by atoms with Crippen molar-refractivity contribution in [2.24, 2.45) is 10.2 Å². The van der Waals surface area contributed by atoms with Crippen LogP contribution < -0.4 is 5.32 Å². The maximum atomic E-state index is 12.9. The van der Waals surface area contributed by atoms with Crippen LogP contribution in [0.25, 0.3) is 0 Å². The molecule has 1 heterocycles. The summed E-state index contributed by atoms with van der Waals surface area (Å²) in [5.74, 6) is 0. The summed E-state index contributed by atoms with van der Waals surface area (Å²) in [4.78, 5) is 19.9. The normalized spacial score (nSPS) is 11.5. The maximum absolute atomic E-state index is 12.9. The highest BCUT2D eigenvalue weighted by Crippen LogP contribution is 2.41. The fraction of sp³-hybridized carbons (Fsp3) is 0.158. The van der Waals surface area contributed by atoms with E-state index in [0.717, 1.165) is 22.9 Å². The quantitative estimate of drug-likeness (QED) is 0.177. The minimum atomic E-state index is -4.72. The van der Waals surface area contributed by atoms with Gasteiger partial charge < -0.3 is 5.32 Å². The summed E-state index contributed by atoms with van der Waals surface area (Å²) in [5.41, 5.74) is 2.06. The Labute approximate surface area is 191 Å². The van der Waals surface area contributed by atoms with E-state index in [4.69, 9.17) is 0 Å². The topological polar surface area (TPSA) is 157 Å². The van der Waals surface area contributed by atoms with Crippen LogP contribution in [-0.4, -0.2) is 24.8 Å². The van der Waals surface area contributed by atoms with Gasteiger partial charge in [0.15, 0.2) is 0 Å². The van der Waals surface area contributed by atoms with Crippen molar-refractivity contribution in [1.29, 1.82) is 0 Å². The number of anilines is 1. The van der Waals surface area contributed by atoms with E-state index >= 15 is 0 Å². The zero-order valence-electron chi connectivity index (χ0n) is 16.8. The molecule has 11 nitrogen and oxygen atoms in total. The number of hydrogen-bond donors (Lipinski definition) is 1. The number of nitro groups is 2. The molecule has 0 aliphatic carbocycles. The average molecular weight is 493 g/mol. The number of azo groups is 1. The molecule has 14 heteroatoms. The molecular weight excluding hydrogens is 477 g/mol. The number of hydrogen-bond acceptors (Lipinski definition) is 10. The Balaban J connectivity index is 1.52. The van der Waals surface area contributed by atoms with E-state index in [1.165, 1.54) is 24.3 Å². The zero-order valence-corrected chi connectivity index (χ0v) is 18.4. The number of benzene rings is 2. The monoisotopic (exact) mass is 493 g/mol. The van der Waals surface area contributed by atoms with Gasteiger partial charge in [0.1, 0.15) is 6.07 Å². The largest absolute Gasteiger partial charge is 0.381 e. The predicted molar refractivity (Wildman–Crippen MR) is 119 cm³/mol. The number of nitrogens with one attached hydrogen (secondary N) is 1. The van der Waals surface area contributed by atoms with Gasteiger partial charge in [-0.25, -0.2) is 0 Å². The van der Waals surface area contributed by atoms with Gasteiger partial charge in [0.05, 0.1) is 21.3 Å². The third kappa shape index (κ3) is 6.60. The van der Waals surface area contributed by atoms with Gasteiger partial charge in [-0.1, -0.05) is 24.3 Å². The lowest BCUT2D eigenvalue weighted by Crippen LogP contribution is -2.00. The van der Waals surface area contributed by atoms with Gasteiger partial charge in [-0.05, 0) is 53.1 Å². The summed E-state index contributed by atoms with van der Waals surface area (Å²) >= 11 is 0.592. The maximum Gasteiger partial charge on any atom is 0.333 e. The Morgan fingerprint density at radius 3 is 2.18 bits per heavy atom. The molecule has 0 amide bonds. The van der Waals surface area contributed by atoms with Crippen LogP contribution in [0.5, 0.6) is 0 Å². The first-order valence-corrected chi connectivity index (χ1v) is 11.5. The molecule has 0 aliphatic rings. The van der Waals surface area contributed by atoms with E-state index in [1.807, 2.05) is 24.3 Å². The fourth-order valence-electron chi connectivity index (χ4n) is 2.71. The molecule has 0 radical (unpaired) electrons. The molecule has 0 saturated carbocycles. The van der Waals surface area contributed by atoms with E-state index in [-0.39, 0.29) is 21.4 Å². The van der Waals surface area contributed by atoms with Gasteiger partial charge in [0.25, 0.3) is 0 Å². The van der Waals surface area contributed by atoms with Gasteiger partial charge in [-0.2, -0.15) is 13.5 Å². The Morgan fingerprint density at radius 1 is 0.970 bits per heavy atom. The molecule has 0 spiro atoms. The Kier molecular flexibility index (Phi) is 7.40. The molecule has 0 aliphatic heterocycles. The van der Waals surface area contributed by atoms with Gasteiger partial charge in [0.2, 0.25) is 5.00 Å². The Bertz CT molecular complexity index is 1290. The summed E-state index contributed by atoms with van der Waals surface area (Å²) < 4.78 is 34.6. The molecule has 2 aromatic carbocycles. The van der Waals surface area contributed by atoms with Crippen molar-refractivity contribution in [3.05, 3.63) is 86.0 Å². The molecule has 33 heavy (non-hydrogen) atoms. The van der Waals surface area contributed by atoms with Crippen molar-refractivity contribution < 1.29 is 22.2 Å². The molecule has 0 atom stereocenters. The van der Waals surface area contributed by atoms with Gasteiger partial charge >= 0.3 is 20.9 Å². The Morgan fingerprint density at radius 2 is 1.61 bits per heavy atom. The smallest absolute Gasteiger partial charge is 0.333 e. The lowest BCUT2D eigenvalue weighted by Gasteiger charge is -2.08. The second-order valence-corrected chi connectivity index (χ2v) is 8.99. The molecule has 0 saturated heterocycles. The van der Waals surface area contributed by atoms with Gasteiger partial charge in [-0.15, -0.1) is 9.00 Å². The number of rotatable bonds is 10. The van der Waals surface area contributed by atoms with Crippen LogP contribution in [0.3, 0.4) is 0 Å². The van der Waals surface area contributed by atoms with Crippen molar-refractivity contribution in [3.63, 3.8) is 0 Å². The number of nitrogens with zero attached hydrogens (tertiary/aromatic N) is 4. The second kappa shape index (κ2) is 10.2. The number of halogens is 1. The predicted octanol–water partition coefficient (Wildman–Crippen LogP) is 5.16. The van der Waals surface area contributed by atoms with E-state index in [0.29, 0.717) is 24.3 Å². The molecule has 3 rings (SSSR count). The fourth-order valence-corrected chi connectivity index (χ4v) is 3.95. The van der Waals surface area contributed by atoms with E-state index < -0.39 is 25.8 Å². The third-order valence-electron chi connectivity index (χ3n) is 4.37. The molecular formula is C19H16FN5O6S2. The third-order valence-corrected chi connectivity index (χ3v) is 6.17. The zero-order chi connectivity index (χ0) is 24.0. The van der Waals surface area contributed by atoms with Gasteiger partial charge in [0, 0.05) is 12.2 Å². The van der Waals surface area contributed by atoms with Crippen molar-refractivity contribution in [2.75, 3.05) is 11.9 Å². The highest BCUT2D eigenvalue weighted by Gasteiger charge is 2.25. The van der Waals surface area contributed by atoms with Crippen LogP contribution in [0.15, 0.2) is 69.7 Å². The lowest BCUT2D eigenvalue weighted by atomic mass is 10.1. The van der Waals surface area contributed by atoms with Crippen molar-refractivity contribution >= 4 is 42.9 Å². The molecule has 172 valence electrons.